The van der Waals surface area contributed by atoms with E-state index in [1.807, 2.05) is 0 Å². The van der Waals surface area contributed by atoms with E-state index < -0.39 is 0 Å². The Morgan fingerprint density at radius 1 is 1.00 bits per heavy atom. The van der Waals surface area contributed by atoms with Gasteiger partial charge in [0.2, 0.25) is 0 Å². The van der Waals surface area contributed by atoms with Crippen LogP contribution >= 0.6 is 0 Å². The first-order valence-corrected chi connectivity index (χ1v) is 7.05. The summed E-state index contributed by atoms with van der Waals surface area (Å²) in [4.78, 5) is 0. The molecule has 0 fully saturated rings. The molecular formula is C18H20O. The number of rotatable bonds is 2. The van der Waals surface area contributed by atoms with Gasteiger partial charge >= 0.3 is 0 Å². The molecule has 0 radical (unpaired) electrons. The van der Waals surface area contributed by atoms with E-state index in [0.717, 1.165) is 24.8 Å². The van der Waals surface area contributed by atoms with Crippen molar-refractivity contribution in [2.45, 2.75) is 32.3 Å². The van der Waals surface area contributed by atoms with Crippen LogP contribution in [-0.2, 0) is 12.8 Å². The molecule has 0 bridgehead atoms. The Hall–Kier alpha value is -1.60. The van der Waals surface area contributed by atoms with E-state index in [-0.39, 0.29) is 6.10 Å². The van der Waals surface area contributed by atoms with Crippen molar-refractivity contribution in [3.63, 3.8) is 0 Å². The van der Waals surface area contributed by atoms with E-state index in [0.29, 0.717) is 5.92 Å². The number of hydrogen-bond acceptors (Lipinski definition) is 1. The third-order valence-corrected chi connectivity index (χ3v) is 4.25. The van der Waals surface area contributed by atoms with Gasteiger partial charge in [-0.3, -0.25) is 0 Å². The Labute approximate surface area is 114 Å². The lowest BCUT2D eigenvalue weighted by atomic mass is 9.79. The van der Waals surface area contributed by atoms with Crippen molar-refractivity contribution in [1.82, 2.24) is 0 Å². The van der Waals surface area contributed by atoms with Crippen LogP contribution in [0.4, 0.5) is 0 Å². The minimum Gasteiger partial charge on any atom is -0.388 e. The molecular weight excluding hydrogens is 232 g/mol. The molecule has 2 aromatic rings. The third-order valence-electron chi connectivity index (χ3n) is 4.25. The van der Waals surface area contributed by atoms with Gasteiger partial charge in [0.1, 0.15) is 0 Å². The maximum Gasteiger partial charge on any atom is 0.0821 e. The van der Waals surface area contributed by atoms with Crippen LogP contribution in [0, 0.1) is 12.8 Å². The number of aliphatic hydroxyl groups is 1. The Morgan fingerprint density at radius 3 is 2.42 bits per heavy atom. The summed E-state index contributed by atoms with van der Waals surface area (Å²) in [5, 5.41) is 10.6. The molecule has 0 saturated heterocycles. The minimum atomic E-state index is -0.339. The molecule has 0 spiro atoms. The Bertz CT molecular complexity index is 556. The average molecular weight is 252 g/mol. The van der Waals surface area contributed by atoms with Crippen LogP contribution in [0.25, 0.3) is 0 Å². The summed E-state index contributed by atoms with van der Waals surface area (Å²) in [6, 6.07) is 16.9. The van der Waals surface area contributed by atoms with Crippen molar-refractivity contribution in [1.29, 1.82) is 0 Å². The lowest BCUT2D eigenvalue weighted by molar-refractivity contribution is 0.0995. The van der Waals surface area contributed by atoms with E-state index in [4.69, 9.17) is 0 Å². The summed E-state index contributed by atoms with van der Waals surface area (Å²) in [7, 11) is 0. The molecule has 0 heterocycles. The van der Waals surface area contributed by atoms with Gasteiger partial charge in [0.15, 0.2) is 0 Å². The second-order valence-electron chi connectivity index (χ2n) is 5.63. The number of benzene rings is 2. The van der Waals surface area contributed by atoms with Crippen molar-refractivity contribution in [2.24, 2.45) is 5.92 Å². The molecule has 2 aromatic carbocycles. The minimum absolute atomic E-state index is 0.339. The Morgan fingerprint density at radius 2 is 1.68 bits per heavy atom. The summed E-state index contributed by atoms with van der Waals surface area (Å²) in [5.41, 5.74) is 5.15. The summed E-state index contributed by atoms with van der Waals surface area (Å²) in [6.45, 7) is 2.08. The van der Waals surface area contributed by atoms with E-state index in [1.54, 1.807) is 0 Å². The highest BCUT2D eigenvalue weighted by molar-refractivity contribution is 5.31. The van der Waals surface area contributed by atoms with Crippen LogP contribution in [-0.4, -0.2) is 5.11 Å². The van der Waals surface area contributed by atoms with E-state index in [9.17, 15) is 5.11 Å². The topological polar surface area (TPSA) is 20.2 Å². The van der Waals surface area contributed by atoms with Crippen molar-refractivity contribution < 1.29 is 5.11 Å². The molecule has 1 heteroatoms. The molecule has 98 valence electrons. The van der Waals surface area contributed by atoms with Crippen molar-refractivity contribution in [3.8, 4) is 0 Å². The highest BCUT2D eigenvalue weighted by Crippen LogP contribution is 2.34. The molecule has 1 aliphatic rings. The van der Waals surface area contributed by atoms with Gasteiger partial charge in [-0.2, -0.15) is 0 Å². The average Bonchev–Trinajstić information content (AvgIpc) is 2.47. The number of fused-ring (bicyclic) bond motifs is 1. The molecule has 0 aliphatic heterocycles. The molecule has 2 atom stereocenters. The quantitative estimate of drug-likeness (QED) is 0.861. The molecule has 0 aromatic heterocycles. The standard InChI is InChI=1S/C18H20O/c1-13-6-8-15(9-7-13)18(19)17-11-10-14-4-2-3-5-16(14)12-17/h2-9,17-19H,10-12H2,1H3. The third kappa shape index (κ3) is 2.57. The fraction of sp³-hybridized carbons (Fsp3) is 0.333. The van der Waals surface area contributed by atoms with E-state index in [1.165, 1.54) is 16.7 Å². The zero-order valence-electron chi connectivity index (χ0n) is 11.3. The van der Waals surface area contributed by atoms with Crippen LogP contribution in [0.2, 0.25) is 0 Å². The maximum atomic E-state index is 10.6. The van der Waals surface area contributed by atoms with Crippen LogP contribution in [0.5, 0.6) is 0 Å². The summed E-state index contributed by atoms with van der Waals surface area (Å²) in [5.74, 6) is 0.345. The van der Waals surface area contributed by atoms with Crippen LogP contribution in [0.1, 0.15) is 34.8 Å². The first kappa shape index (κ1) is 12.4. The second-order valence-corrected chi connectivity index (χ2v) is 5.63. The molecule has 2 unspecified atom stereocenters. The normalized spacial score (nSPS) is 19.8. The molecule has 19 heavy (non-hydrogen) atoms. The van der Waals surface area contributed by atoms with E-state index in [2.05, 4.69) is 55.5 Å². The number of aliphatic hydroxyl groups excluding tert-OH is 1. The number of hydrogen-bond donors (Lipinski definition) is 1. The van der Waals surface area contributed by atoms with Gasteiger partial charge in [-0.1, -0.05) is 54.1 Å². The highest BCUT2D eigenvalue weighted by Gasteiger charge is 2.25. The summed E-state index contributed by atoms with van der Waals surface area (Å²) >= 11 is 0. The second kappa shape index (κ2) is 5.18. The van der Waals surface area contributed by atoms with Gasteiger partial charge in [0.05, 0.1) is 6.10 Å². The van der Waals surface area contributed by atoms with Gasteiger partial charge in [0.25, 0.3) is 0 Å². The first-order chi connectivity index (χ1) is 9.24. The number of aryl methyl sites for hydroxylation is 2. The van der Waals surface area contributed by atoms with Gasteiger partial charge in [-0.15, -0.1) is 0 Å². The molecule has 3 rings (SSSR count). The molecule has 0 saturated carbocycles. The molecule has 0 amide bonds. The molecule has 1 nitrogen and oxygen atoms in total. The molecule has 1 N–H and O–H groups in total. The first-order valence-electron chi connectivity index (χ1n) is 7.05. The van der Waals surface area contributed by atoms with Gasteiger partial charge < -0.3 is 5.11 Å². The van der Waals surface area contributed by atoms with Crippen molar-refractivity contribution in [2.75, 3.05) is 0 Å². The lowest BCUT2D eigenvalue weighted by Gasteiger charge is -2.28. The lowest BCUT2D eigenvalue weighted by Crippen LogP contribution is -2.21. The summed E-state index contributed by atoms with van der Waals surface area (Å²) in [6.07, 6.45) is 2.81. The zero-order valence-corrected chi connectivity index (χ0v) is 11.3. The maximum absolute atomic E-state index is 10.6. The van der Waals surface area contributed by atoms with Gasteiger partial charge in [0, 0.05) is 0 Å². The smallest absolute Gasteiger partial charge is 0.0821 e. The SMILES string of the molecule is Cc1ccc(C(O)C2CCc3ccccc3C2)cc1. The monoisotopic (exact) mass is 252 g/mol. The Kier molecular flexibility index (Phi) is 3.39. The fourth-order valence-electron chi connectivity index (χ4n) is 3.03. The van der Waals surface area contributed by atoms with Gasteiger partial charge in [-0.05, 0) is 48.8 Å². The Balaban J connectivity index is 1.79. The largest absolute Gasteiger partial charge is 0.388 e. The predicted octanol–water partition coefficient (Wildman–Crippen LogP) is 3.83. The van der Waals surface area contributed by atoms with E-state index >= 15 is 0 Å². The van der Waals surface area contributed by atoms with Crippen molar-refractivity contribution in [3.05, 3.63) is 70.8 Å². The molecule has 1 aliphatic carbocycles. The van der Waals surface area contributed by atoms with Crippen LogP contribution in [0.3, 0.4) is 0 Å². The fourth-order valence-corrected chi connectivity index (χ4v) is 3.03. The van der Waals surface area contributed by atoms with Crippen LogP contribution in [0.15, 0.2) is 48.5 Å². The summed E-state index contributed by atoms with van der Waals surface area (Å²) < 4.78 is 0. The highest BCUT2D eigenvalue weighted by atomic mass is 16.3. The van der Waals surface area contributed by atoms with Crippen molar-refractivity contribution >= 4 is 0 Å². The van der Waals surface area contributed by atoms with Crippen LogP contribution < -0.4 is 0 Å². The predicted molar refractivity (Wildman–Crippen MR) is 78.1 cm³/mol. The zero-order chi connectivity index (χ0) is 13.2. The van der Waals surface area contributed by atoms with Gasteiger partial charge in [-0.25, -0.2) is 0 Å².